The van der Waals surface area contributed by atoms with E-state index in [-0.39, 0.29) is 5.56 Å². The van der Waals surface area contributed by atoms with Crippen LogP contribution < -0.4 is 5.56 Å². The summed E-state index contributed by atoms with van der Waals surface area (Å²) in [5.74, 6) is 0. The van der Waals surface area contributed by atoms with Gasteiger partial charge in [0, 0.05) is 22.8 Å². The van der Waals surface area contributed by atoms with Gasteiger partial charge in [0.05, 0.1) is 11.7 Å². The highest BCUT2D eigenvalue weighted by Gasteiger charge is 2.06. The van der Waals surface area contributed by atoms with E-state index in [9.17, 15) is 4.79 Å². The standard InChI is InChI=1S/C11H8N4OS/c1-6-3-13-11(17-6)7-2-8-9(12-4-7)14-5-15-10(8)16/h2-5H,1H3,(H,12,14,15,16). The van der Waals surface area contributed by atoms with Crippen molar-refractivity contribution in [2.75, 3.05) is 0 Å². The third-order valence-electron chi connectivity index (χ3n) is 2.36. The zero-order valence-corrected chi connectivity index (χ0v) is 9.78. The lowest BCUT2D eigenvalue weighted by atomic mass is 10.2. The maximum atomic E-state index is 11.6. The van der Waals surface area contributed by atoms with Crippen LogP contribution in [-0.4, -0.2) is 19.9 Å². The molecule has 0 saturated carbocycles. The Morgan fingerprint density at radius 3 is 2.88 bits per heavy atom. The summed E-state index contributed by atoms with van der Waals surface area (Å²) >= 11 is 1.57. The molecule has 1 N–H and O–H groups in total. The third kappa shape index (κ3) is 1.72. The maximum Gasteiger partial charge on any atom is 0.260 e. The number of rotatable bonds is 1. The third-order valence-corrected chi connectivity index (χ3v) is 3.32. The van der Waals surface area contributed by atoms with Crippen LogP contribution in [0.5, 0.6) is 0 Å². The number of aryl methyl sites for hydroxylation is 1. The Morgan fingerprint density at radius 2 is 2.12 bits per heavy atom. The zero-order valence-electron chi connectivity index (χ0n) is 8.97. The molecule has 0 aliphatic rings. The highest BCUT2D eigenvalue weighted by atomic mass is 32.1. The van der Waals surface area contributed by atoms with Gasteiger partial charge in [0.1, 0.15) is 5.01 Å². The molecule has 6 heteroatoms. The fourth-order valence-corrected chi connectivity index (χ4v) is 2.31. The first-order valence-electron chi connectivity index (χ1n) is 5.00. The first-order valence-corrected chi connectivity index (χ1v) is 5.82. The largest absolute Gasteiger partial charge is 0.313 e. The van der Waals surface area contributed by atoms with Crippen LogP contribution in [0.2, 0.25) is 0 Å². The number of nitrogens with one attached hydrogen (secondary N) is 1. The average molecular weight is 244 g/mol. The fraction of sp³-hybridized carbons (Fsp3) is 0.0909. The van der Waals surface area contributed by atoms with Gasteiger partial charge in [0.25, 0.3) is 5.56 Å². The lowest BCUT2D eigenvalue weighted by molar-refractivity contribution is 1.14. The van der Waals surface area contributed by atoms with Crippen LogP contribution in [0.15, 0.2) is 29.6 Å². The summed E-state index contributed by atoms with van der Waals surface area (Å²) in [5.41, 5.74) is 1.11. The molecule has 0 aromatic carbocycles. The van der Waals surface area contributed by atoms with Crippen LogP contribution in [-0.2, 0) is 0 Å². The molecule has 3 rings (SSSR count). The van der Waals surface area contributed by atoms with Gasteiger partial charge in [-0.15, -0.1) is 11.3 Å². The van der Waals surface area contributed by atoms with Gasteiger partial charge in [-0.3, -0.25) is 4.79 Å². The minimum atomic E-state index is -0.183. The van der Waals surface area contributed by atoms with Crippen LogP contribution in [0.3, 0.4) is 0 Å². The number of hydrogen-bond donors (Lipinski definition) is 1. The first kappa shape index (κ1) is 10.1. The molecule has 0 spiro atoms. The quantitative estimate of drug-likeness (QED) is 0.708. The second-order valence-electron chi connectivity index (χ2n) is 3.60. The minimum Gasteiger partial charge on any atom is -0.313 e. The number of H-pyrrole nitrogens is 1. The Hall–Kier alpha value is -2.08. The van der Waals surface area contributed by atoms with E-state index in [4.69, 9.17) is 0 Å². The predicted molar refractivity (Wildman–Crippen MR) is 66.0 cm³/mol. The van der Waals surface area contributed by atoms with Crippen LogP contribution in [0.25, 0.3) is 21.6 Å². The number of hydrogen-bond acceptors (Lipinski definition) is 5. The summed E-state index contributed by atoms with van der Waals surface area (Å²) in [6, 6.07) is 1.77. The van der Waals surface area contributed by atoms with E-state index in [0.29, 0.717) is 11.0 Å². The maximum absolute atomic E-state index is 11.6. The number of pyridine rings is 1. The molecule has 0 bridgehead atoms. The molecule has 5 nitrogen and oxygen atoms in total. The normalized spacial score (nSPS) is 10.9. The molecule has 3 heterocycles. The average Bonchev–Trinajstić information content (AvgIpc) is 2.76. The van der Waals surface area contributed by atoms with Crippen molar-refractivity contribution >= 4 is 22.4 Å². The van der Waals surface area contributed by atoms with Crippen LogP contribution in [0.4, 0.5) is 0 Å². The molecule has 0 amide bonds. The summed E-state index contributed by atoms with van der Waals surface area (Å²) in [6.45, 7) is 1.99. The van der Waals surface area contributed by atoms with E-state index in [2.05, 4.69) is 19.9 Å². The number of aromatic nitrogens is 4. The molecule has 84 valence electrons. The van der Waals surface area contributed by atoms with Gasteiger partial charge >= 0.3 is 0 Å². The summed E-state index contributed by atoms with van der Waals surface area (Å²) in [7, 11) is 0. The molecule has 0 saturated heterocycles. The van der Waals surface area contributed by atoms with Crippen molar-refractivity contribution in [2.24, 2.45) is 0 Å². The topological polar surface area (TPSA) is 71.5 Å². The molecule has 0 unspecified atom stereocenters. The minimum absolute atomic E-state index is 0.183. The van der Waals surface area contributed by atoms with E-state index >= 15 is 0 Å². The van der Waals surface area contributed by atoms with Crippen LogP contribution in [0.1, 0.15) is 4.88 Å². The lowest BCUT2D eigenvalue weighted by Crippen LogP contribution is -2.07. The molecule has 0 aliphatic heterocycles. The molecule has 17 heavy (non-hydrogen) atoms. The van der Waals surface area contributed by atoms with E-state index in [1.165, 1.54) is 6.33 Å². The molecule has 0 aliphatic carbocycles. The smallest absolute Gasteiger partial charge is 0.260 e. The van der Waals surface area contributed by atoms with Crippen LogP contribution >= 0.6 is 11.3 Å². The van der Waals surface area contributed by atoms with E-state index in [1.807, 2.05) is 6.92 Å². The predicted octanol–water partition coefficient (Wildman–Crippen LogP) is 1.75. The summed E-state index contributed by atoms with van der Waals surface area (Å²) < 4.78 is 0. The summed E-state index contributed by atoms with van der Waals surface area (Å²) in [6.07, 6.45) is 4.84. The van der Waals surface area contributed by atoms with Gasteiger partial charge in [-0.1, -0.05) is 0 Å². The second kappa shape index (κ2) is 3.74. The van der Waals surface area contributed by atoms with Gasteiger partial charge in [-0.05, 0) is 13.0 Å². The Bertz CT molecular complexity index is 746. The van der Waals surface area contributed by atoms with E-state index in [0.717, 1.165) is 15.4 Å². The van der Waals surface area contributed by atoms with Crippen molar-refractivity contribution in [3.05, 3.63) is 40.0 Å². The van der Waals surface area contributed by atoms with Crippen molar-refractivity contribution in [1.82, 2.24) is 19.9 Å². The fourth-order valence-electron chi connectivity index (χ4n) is 1.56. The molecule has 3 aromatic heterocycles. The van der Waals surface area contributed by atoms with Crippen molar-refractivity contribution in [3.8, 4) is 10.6 Å². The number of fused-ring (bicyclic) bond motifs is 1. The van der Waals surface area contributed by atoms with E-state index in [1.54, 1.807) is 29.8 Å². The Morgan fingerprint density at radius 1 is 1.24 bits per heavy atom. The van der Waals surface area contributed by atoms with Gasteiger partial charge in [0.15, 0.2) is 5.65 Å². The van der Waals surface area contributed by atoms with Gasteiger partial charge in [0.2, 0.25) is 0 Å². The van der Waals surface area contributed by atoms with Gasteiger partial charge in [-0.2, -0.15) is 0 Å². The Balaban J connectivity index is 2.26. The number of nitrogens with zero attached hydrogens (tertiary/aromatic N) is 3. The second-order valence-corrected chi connectivity index (χ2v) is 4.84. The number of aromatic amines is 1. The lowest BCUT2D eigenvalue weighted by Gasteiger charge is -1.98. The SMILES string of the molecule is Cc1cnc(-c2cnc3nc[nH]c(=O)c3c2)s1. The van der Waals surface area contributed by atoms with E-state index < -0.39 is 0 Å². The molecule has 0 atom stereocenters. The molecule has 0 fully saturated rings. The Kier molecular flexibility index (Phi) is 2.22. The highest BCUT2D eigenvalue weighted by Crippen LogP contribution is 2.24. The van der Waals surface area contributed by atoms with Crippen molar-refractivity contribution in [2.45, 2.75) is 6.92 Å². The zero-order chi connectivity index (χ0) is 11.8. The van der Waals surface area contributed by atoms with Crippen molar-refractivity contribution in [1.29, 1.82) is 0 Å². The van der Waals surface area contributed by atoms with Crippen molar-refractivity contribution < 1.29 is 0 Å². The summed E-state index contributed by atoms with van der Waals surface area (Å²) in [4.78, 5) is 27.7. The molecule has 3 aromatic rings. The first-order chi connectivity index (χ1) is 8.24. The monoisotopic (exact) mass is 244 g/mol. The highest BCUT2D eigenvalue weighted by molar-refractivity contribution is 7.14. The molecule has 0 radical (unpaired) electrons. The van der Waals surface area contributed by atoms with Crippen molar-refractivity contribution in [3.63, 3.8) is 0 Å². The Labute approximate surface area is 100 Å². The molecular weight excluding hydrogens is 236 g/mol. The van der Waals surface area contributed by atoms with Gasteiger partial charge in [-0.25, -0.2) is 15.0 Å². The van der Waals surface area contributed by atoms with Gasteiger partial charge < -0.3 is 4.98 Å². The summed E-state index contributed by atoms with van der Waals surface area (Å²) in [5, 5.41) is 1.35. The molecular formula is C11H8N4OS. The number of thiazole rings is 1. The van der Waals surface area contributed by atoms with Crippen LogP contribution in [0, 0.1) is 6.92 Å².